The van der Waals surface area contributed by atoms with E-state index < -0.39 is 5.60 Å². The van der Waals surface area contributed by atoms with Gasteiger partial charge in [-0.15, -0.1) is 11.3 Å². The van der Waals surface area contributed by atoms with E-state index in [1.807, 2.05) is 18.4 Å². The first-order valence-corrected chi connectivity index (χ1v) is 5.95. The molecule has 4 heteroatoms. The minimum Gasteiger partial charge on any atom is -0.384 e. The summed E-state index contributed by atoms with van der Waals surface area (Å²) < 4.78 is 5.41. The third-order valence-electron chi connectivity index (χ3n) is 2.58. The second-order valence-electron chi connectivity index (χ2n) is 3.76. The second-order valence-corrected chi connectivity index (χ2v) is 5.09. The maximum atomic E-state index is 10.4. The fourth-order valence-electron chi connectivity index (χ4n) is 1.90. The van der Waals surface area contributed by atoms with Gasteiger partial charge >= 0.3 is 0 Å². The van der Waals surface area contributed by atoms with Gasteiger partial charge in [0.25, 0.3) is 0 Å². The smallest absolute Gasteiger partial charge is 0.105 e. The normalized spacial score (nSPS) is 33.2. The summed E-state index contributed by atoms with van der Waals surface area (Å²) in [4.78, 5) is 0.884. The van der Waals surface area contributed by atoms with Crippen molar-refractivity contribution in [2.75, 3.05) is 6.61 Å². The minimum atomic E-state index is -0.775. The largest absolute Gasteiger partial charge is 0.384 e. The summed E-state index contributed by atoms with van der Waals surface area (Å²) in [5.74, 6) is 0. The summed E-state index contributed by atoms with van der Waals surface area (Å²) in [6, 6.07) is 1.83. The molecule has 0 spiro atoms. The van der Waals surface area contributed by atoms with Crippen LogP contribution in [0.15, 0.2) is 11.4 Å². The van der Waals surface area contributed by atoms with Crippen LogP contribution in [-0.2, 0) is 10.3 Å². The summed E-state index contributed by atoms with van der Waals surface area (Å²) in [5, 5.41) is 13.0. The number of aliphatic hydroxyl groups is 1. The average Bonchev–Trinajstić information content (AvgIpc) is 2.51. The molecule has 0 amide bonds. The van der Waals surface area contributed by atoms with E-state index in [1.165, 1.54) is 11.3 Å². The van der Waals surface area contributed by atoms with Crippen molar-refractivity contribution in [3.63, 3.8) is 0 Å². The lowest BCUT2D eigenvalue weighted by molar-refractivity contribution is -0.0993. The molecule has 2 nitrogen and oxygen atoms in total. The fourth-order valence-corrected chi connectivity index (χ4v) is 3.27. The van der Waals surface area contributed by atoms with E-state index in [1.54, 1.807) is 0 Å². The van der Waals surface area contributed by atoms with Gasteiger partial charge in [0, 0.05) is 12.8 Å². The van der Waals surface area contributed by atoms with E-state index in [2.05, 4.69) is 0 Å². The third-order valence-corrected chi connectivity index (χ3v) is 4.12. The van der Waals surface area contributed by atoms with Crippen molar-refractivity contribution in [1.29, 1.82) is 0 Å². The highest BCUT2D eigenvalue weighted by Crippen LogP contribution is 2.41. The van der Waals surface area contributed by atoms with Gasteiger partial charge in [-0.1, -0.05) is 11.6 Å². The van der Waals surface area contributed by atoms with Gasteiger partial charge in [0.1, 0.15) is 5.60 Å². The molecule has 1 aliphatic heterocycles. The molecule has 1 aliphatic rings. The van der Waals surface area contributed by atoms with Crippen molar-refractivity contribution in [2.45, 2.75) is 31.5 Å². The first kappa shape index (κ1) is 10.4. The van der Waals surface area contributed by atoms with Crippen molar-refractivity contribution >= 4 is 22.9 Å². The van der Waals surface area contributed by atoms with Crippen molar-refractivity contribution in [3.8, 4) is 0 Å². The highest BCUT2D eigenvalue weighted by molar-refractivity contribution is 7.10. The standard InChI is InChI=1S/C10H13ClO2S/c1-7-6-10(12,3-4-13-7)9-8(11)2-5-14-9/h2,5,7,12H,3-4,6H2,1H3. The van der Waals surface area contributed by atoms with E-state index in [0.717, 1.165) is 4.88 Å². The molecule has 2 heterocycles. The van der Waals surface area contributed by atoms with Gasteiger partial charge < -0.3 is 9.84 Å². The van der Waals surface area contributed by atoms with Crippen LogP contribution in [-0.4, -0.2) is 17.8 Å². The summed E-state index contributed by atoms with van der Waals surface area (Å²) in [6.07, 6.45) is 1.37. The molecule has 78 valence electrons. The molecule has 0 aliphatic carbocycles. The summed E-state index contributed by atoms with van der Waals surface area (Å²) in [7, 11) is 0. The van der Waals surface area contributed by atoms with E-state index in [-0.39, 0.29) is 6.10 Å². The zero-order valence-corrected chi connectivity index (χ0v) is 9.57. The third kappa shape index (κ3) is 1.82. The Hall–Kier alpha value is -0.0900. The van der Waals surface area contributed by atoms with Gasteiger partial charge in [-0.2, -0.15) is 0 Å². The molecule has 0 radical (unpaired) electrons. The number of halogens is 1. The van der Waals surface area contributed by atoms with Gasteiger partial charge in [-0.3, -0.25) is 0 Å². The van der Waals surface area contributed by atoms with Crippen LogP contribution >= 0.6 is 22.9 Å². The van der Waals surface area contributed by atoms with Crippen LogP contribution in [0.1, 0.15) is 24.6 Å². The Bertz CT molecular complexity index is 326. The van der Waals surface area contributed by atoms with Crippen LogP contribution < -0.4 is 0 Å². The maximum Gasteiger partial charge on any atom is 0.105 e. The van der Waals surface area contributed by atoms with E-state index >= 15 is 0 Å². The molecular weight excluding hydrogens is 220 g/mol. The average molecular weight is 233 g/mol. The number of hydrogen-bond donors (Lipinski definition) is 1. The SMILES string of the molecule is CC1CC(O)(c2sccc2Cl)CCO1. The van der Waals surface area contributed by atoms with Crippen LogP contribution in [0.5, 0.6) is 0 Å². The fraction of sp³-hybridized carbons (Fsp3) is 0.600. The molecule has 2 atom stereocenters. The Morgan fingerprint density at radius 2 is 2.50 bits per heavy atom. The second kappa shape index (κ2) is 3.81. The lowest BCUT2D eigenvalue weighted by atomic mass is 9.89. The number of rotatable bonds is 1. The predicted octanol–water partition coefficient (Wildman–Crippen LogP) is 2.79. The molecule has 0 saturated carbocycles. The van der Waals surface area contributed by atoms with Crippen LogP contribution in [0.25, 0.3) is 0 Å². The van der Waals surface area contributed by atoms with E-state index in [9.17, 15) is 5.11 Å². The molecule has 2 rings (SSSR count). The highest BCUT2D eigenvalue weighted by Gasteiger charge is 2.37. The lowest BCUT2D eigenvalue weighted by Gasteiger charge is -2.35. The lowest BCUT2D eigenvalue weighted by Crippen LogP contribution is -2.36. The molecule has 2 unspecified atom stereocenters. The summed E-state index contributed by atoms with van der Waals surface area (Å²) >= 11 is 7.54. The number of thiophene rings is 1. The molecule has 1 aromatic rings. The summed E-state index contributed by atoms with van der Waals surface area (Å²) in [5.41, 5.74) is -0.775. The van der Waals surface area contributed by atoms with Gasteiger partial charge in [0.2, 0.25) is 0 Å². The molecular formula is C10H13ClO2S. The van der Waals surface area contributed by atoms with Crippen molar-refractivity contribution in [3.05, 3.63) is 21.3 Å². The minimum absolute atomic E-state index is 0.104. The molecule has 1 aromatic heterocycles. The summed E-state index contributed by atoms with van der Waals surface area (Å²) in [6.45, 7) is 2.58. The molecule has 1 fully saturated rings. The van der Waals surface area contributed by atoms with Gasteiger partial charge in [-0.05, 0) is 18.4 Å². The van der Waals surface area contributed by atoms with Gasteiger partial charge in [0.15, 0.2) is 0 Å². The van der Waals surface area contributed by atoms with Gasteiger partial charge in [0.05, 0.1) is 22.6 Å². The first-order valence-electron chi connectivity index (χ1n) is 4.69. The molecule has 1 saturated heterocycles. The van der Waals surface area contributed by atoms with Gasteiger partial charge in [-0.25, -0.2) is 0 Å². The van der Waals surface area contributed by atoms with Crippen LogP contribution in [0, 0.1) is 0 Å². The maximum absolute atomic E-state index is 10.4. The van der Waals surface area contributed by atoms with Crippen molar-refractivity contribution < 1.29 is 9.84 Å². The zero-order chi connectivity index (χ0) is 10.2. The Morgan fingerprint density at radius 3 is 3.07 bits per heavy atom. The van der Waals surface area contributed by atoms with E-state index in [0.29, 0.717) is 24.5 Å². The van der Waals surface area contributed by atoms with Crippen molar-refractivity contribution in [1.82, 2.24) is 0 Å². The van der Waals surface area contributed by atoms with Crippen molar-refractivity contribution in [2.24, 2.45) is 0 Å². The predicted molar refractivity (Wildman–Crippen MR) is 57.9 cm³/mol. The highest BCUT2D eigenvalue weighted by atomic mass is 35.5. The molecule has 14 heavy (non-hydrogen) atoms. The topological polar surface area (TPSA) is 29.5 Å². The zero-order valence-electron chi connectivity index (χ0n) is 8.00. The van der Waals surface area contributed by atoms with E-state index in [4.69, 9.17) is 16.3 Å². The number of ether oxygens (including phenoxy) is 1. The first-order chi connectivity index (χ1) is 6.62. The Morgan fingerprint density at radius 1 is 1.71 bits per heavy atom. The van der Waals surface area contributed by atoms with Crippen LogP contribution in [0.4, 0.5) is 0 Å². The Kier molecular flexibility index (Phi) is 2.84. The Balaban J connectivity index is 2.27. The van der Waals surface area contributed by atoms with Crippen LogP contribution in [0.3, 0.4) is 0 Å². The monoisotopic (exact) mass is 232 g/mol. The number of hydrogen-bond acceptors (Lipinski definition) is 3. The quantitative estimate of drug-likeness (QED) is 0.807. The molecule has 0 aromatic carbocycles. The Labute approximate surface area is 92.5 Å². The molecule has 1 N–H and O–H groups in total. The van der Waals surface area contributed by atoms with Crippen LogP contribution in [0.2, 0.25) is 5.02 Å². The molecule has 0 bridgehead atoms.